The number of benzene rings is 2. The molecular formula is C23H22FN3O4S. The van der Waals surface area contributed by atoms with E-state index in [0.717, 1.165) is 0 Å². The first kappa shape index (κ1) is 21.9. The summed E-state index contributed by atoms with van der Waals surface area (Å²) < 4.78 is 25.5. The van der Waals surface area contributed by atoms with Gasteiger partial charge >= 0.3 is 0 Å². The fourth-order valence-electron chi connectivity index (χ4n) is 3.59. The van der Waals surface area contributed by atoms with E-state index >= 15 is 0 Å². The topological polar surface area (TPSA) is 71.1 Å². The first-order valence-electron chi connectivity index (χ1n) is 10.2. The van der Waals surface area contributed by atoms with Crippen LogP contribution in [0.3, 0.4) is 0 Å². The zero-order chi connectivity index (χ0) is 22.7. The minimum atomic E-state index is -0.625. The highest BCUT2D eigenvalue weighted by molar-refractivity contribution is 7.80. The van der Waals surface area contributed by atoms with Crippen molar-refractivity contribution in [3.05, 3.63) is 59.4 Å². The summed E-state index contributed by atoms with van der Waals surface area (Å²) in [5, 5.41) is 2.51. The molecule has 2 aromatic rings. The number of amides is 2. The van der Waals surface area contributed by atoms with Crippen LogP contribution in [0, 0.1) is 5.82 Å². The summed E-state index contributed by atoms with van der Waals surface area (Å²) >= 11 is 5.21. The van der Waals surface area contributed by atoms with Gasteiger partial charge in [0.1, 0.15) is 17.1 Å². The molecular weight excluding hydrogens is 433 g/mol. The van der Waals surface area contributed by atoms with Gasteiger partial charge in [-0.2, -0.15) is 0 Å². The zero-order valence-corrected chi connectivity index (χ0v) is 18.3. The van der Waals surface area contributed by atoms with Crippen LogP contribution in [0.15, 0.2) is 48.0 Å². The van der Waals surface area contributed by atoms with E-state index in [0.29, 0.717) is 55.6 Å². The van der Waals surface area contributed by atoms with Gasteiger partial charge in [-0.15, -0.1) is 0 Å². The molecule has 2 aromatic carbocycles. The number of carbonyl (C=O) groups excluding carboxylic acids is 2. The predicted octanol–water partition coefficient (Wildman–Crippen LogP) is 2.89. The molecule has 0 spiro atoms. The average molecular weight is 456 g/mol. The molecule has 9 heteroatoms. The third-order valence-corrected chi connectivity index (χ3v) is 5.43. The highest BCUT2D eigenvalue weighted by Crippen LogP contribution is 2.26. The quantitative estimate of drug-likeness (QED) is 0.425. The Bertz CT molecular complexity index is 1080. The van der Waals surface area contributed by atoms with Crippen molar-refractivity contribution in [1.29, 1.82) is 0 Å². The Morgan fingerprint density at radius 1 is 1.16 bits per heavy atom. The minimum Gasteiger partial charge on any atom is -0.494 e. The second-order valence-corrected chi connectivity index (χ2v) is 7.58. The molecule has 166 valence electrons. The van der Waals surface area contributed by atoms with Gasteiger partial charge in [0.2, 0.25) is 0 Å². The van der Waals surface area contributed by atoms with Crippen molar-refractivity contribution in [1.82, 2.24) is 5.32 Å². The van der Waals surface area contributed by atoms with Gasteiger partial charge in [0, 0.05) is 13.1 Å². The average Bonchev–Trinajstić information content (AvgIpc) is 2.78. The Labute approximate surface area is 190 Å². The lowest BCUT2D eigenvalue weighted by Gasteiger charge is -2.29. The minimum absolute atomic E-state index is 0.0184. The smallest absolute Gasteiger partial charge is 0.270 e. The predicted molar refractivity (Wildman–Crippen MR) is 123 cm³/mol. The van der Waals surface area contributed by atoms with E-state index in [9.17, 15) is 14.0 Å². The molecule has 2 heterocycles. The van der Waals surface area contributed by atoms with E-state index in [2.05, 4.69) is 5.32 Å². The number of carbonyl (C=O) groups is 2. The van der Waals surface area contributed by atoms with Crippen LogP contribution >= 0.6 is 12.2 Å². The zero-order valence-electron chi connectivity index (χ0n) is 17.5. The van der Waals surface area contributed by atoms with Crippen LogP contribution in [-0.4, -0.2) is 49.8 Å². The maximum absolute atomic E-state index is 14.7. The van der Waals surface area contributed by atoms with Crippen molar-refractivity contribution < 1.29 is 23.5 Å². The normalized spacial score (nSPS) is 18.2. The lowest BCUT2D eigenvalue weighted by molar-refractivity contribution is -0.122. The third kappa shape index (κ3) is 4.49. The van der Waals surface area contributed by atoms with E-state index in [1.807, 2.05) is 11.8 Å². The molecule has 2 aliphatic rings. The van der Waals surface area contributed by atoms with Crippen LogP contribution in [-0.2, 0) is 14.3 Å². The molecule has 2 aliphatic heterocycles. The number of thiocarbonyl (C=S) groups is 1. The summed E-state index contributed by atoms with van der Waals surface area (Å²) in [6.07, 6.45) is 1.37. The van der Waals surface area contributed by atoms with Crippen LogP contribution in [0.4, 0.5) is 15.8 Å². The molecule has 0 aliphatic carbocycles. The number of morpholine rings is 1. The first-order chi connectivity index (χ1) is 15.5. The summed E-state index contributed by atoms with van der Waals surface area (Å²) in [5.74, 6) is -0.980. The van der Waals surface area contributed by atoms with Gasteiger partial charge in [-0.1, -0.05) is 6.07 Å². The molecule has 0 atom stereocenters. The van der Waals surface area contributed by atoms with Gasteiger partial charge < -0.3 is 14.4 Å². The fourth-order valence-corrected chi connectivity index (χ4v) is 3.87. The van der Waals surface area contributed by atoms with Gasteiger partial charge in [-0.05, 0) is 67.2 Å². The highest BCUT2D eigenvalue weighted by atomic mass is 32.1. The van der Waals surface area contributed by atoms with Crippen LogP contribution in [0.25, 0.3) is 6.08 Å². The van der Waals surface area contributed by atoms with Crippen LogP contribution in [0.1, 0.15) is 12.5 Å². The molecule has 2 amide bonds. The number of halogens is 1. The second-order valence-electron chi connectivity index (χ2n) is 7.20. The van der Waals surface area contributed by atoms with Crippen molar-refractivity contribution in [3.63, 3.8) is 0 Å². The molecule has 32 heavy (non-hydrogen) atoms. The Morgan fingerprint density at radius 2 is 1.88 bits per heavy atom. The van der Waals surface area contributed by atoms with Gasteiger partial charge in [-0.3, -0.25) is 19.8 Å². The Hall–Kier alpha value is -3.30. The lowest BCUT2D eigenvalue weighted by atomic mass is 10.1. The Balaban J connectivity index is 1.60. The van der Waals surface area contributed by atoms with E-state index in [1.54, 1.807) is 36.4 Å². The standard InChI is InChI=1S/C23H22FN3O4S/c1-2-31-17-6-4-16(5-7-17)27-22(29)18(21(28)25-23(27)32)13-15-3-8-20(19(24)14-15)26-9-11-30-12-10-26/h3-8,13-14H,2,9-12H2,1H3,(H,25,28,32)/b18-13+. The Morgan fingerprint density at radius 3 is 2.53 bits per heavy atom. The van der Waals surface area contributed by atoms with Crippen LogP contribution < -0.4 is 19.9 Å². The SMILES string of the molecule is CCOc1ccc(N2C(=O)/C(=C/c3ccc(N4CCOCC4)c(F)c3)C(=O)NC2=S)cc1. The maximum Gasteiger partial charge on any atom is 0.270 e. The molecule has 7 nitrogen and oxygen atoms in total. The molecule has 0 saturated carbocycles. The number of hydrogen-bond donors (Lipinski definition) is 1. The van der Waals surface area contributed by atoms with Crippen molar-refractivity contribution >= 4 is 46.6 Å². The third-order valence-electron chi connectivity index (χ3n) is 5.14. The second kappa shape index (κ2) is 9.46. The summed E-state index contributed by atoms with van der Waals surface area (Å²) in [7, 11) is 0. The van der Waals surface area contributed by atoms with Crippen molar-refractivity contribution in [2.75, 3.05) is 42.7 Å². The summed E-state index contributed by atoms with van der Waals surface area (Å²) in [5.41, 5.74) is 1.22. The number of ether oxygens (including phenoxy) is 2. The van der Waals surface area contributed by atoms with Crippen LogP contribution in [0.5, 0.6) is 5.75 Å². The van der Waals surface area contributed by atoms with Crippen molar-refractivity contribution in [2.45, 2.75) is 6.92 Å². The molecule has 0 radical (unpaired) electrons. The summed E-state index contributed by atoms with van der Waals surface area (Å²) in [4.78, 5) is 28.7. The van der Waals surface area contributed by atoms with Gasteiger partial charge in [-0.25, -0.2) is 4.39 Å². The van der Waals surface area contributed by atoms with Crippen LogP contribution in [0.2, 0.25) is 0 Å². The molecule has 0 unspecified atom stereocenters. The fraction of sp³-hybridized carbons (Fsp3) is 0.261. The van der Waals surface area contributed by atoms with E-state index < -0.39 is 17.6 Å². The molecule has 4 rings (SSSR count). The molecule has 0 bridgehead atoms. The molecule has 2 saturated heterocycles. The summed E-state index contributed by atoms with van der Waals surface area (Å²) in [6, 6.07) is 11.4. The Kier molecular flexibility index (Phi) is 6.48. The van der Waals surface area contributed by atoms with Gasteiger partial charge in [0.05, 0.1) is 31.2 Å². The molecule has 1 N–H and O–H groups in total. The van der Waals surface area contributed by atoms with Gasteiger partial charge in [0.25, 0.3) is 11.8 Å². The number of anilines is 2. The highest BCUT2D eigenvalue weighted by Gasteiger charge is 2.34. The number of nitrogens with one attached hydrogen (secondary N) is 1. The largest absolute Gasteiger partial charge is 0.494 e. The number of rotatable bonds is 5. The van der Waals surface area contributed by atoms with Crippen molar-refractivity contribution in [3.8, 4) is 5.75 Å². The van der Waals surface area contributed by atoms with E-state index in [4.69, 9.17) is 21.7 Å². The number of nitrogens with zero attached hydrogens (tertiary/aromatic N) is 2. The van der Waals surface area contributed by atoms with E-state index in [1.165, 1.54) is 17.0 Å². The monoisotopic (exact) mass is 455 g/mol. The van der Waals surface area contributed by atoms with Gasteiger partial charge in [0.15, 0.2) is 5.11 Å². The first-order valence-corrected chi connectivity index (χ1v) is 10.7. The lowest BCUT2D eigenvalue weighted by Crippen LogP contribution is -2.54. The number of hydrogen-bond acceptors (Lipinski definition) is 6. The molecule has 2 fully saturated rings. The maximum atomic E-state index is 14.7. The van der Waals surface area contributed by atoms with E-state index in [-0.39, 0.29) is 10.7 Å². The summed E-state index contributed by atoms with van der Waals surface area (Å²) in [6.45, 7) is 4.69. The van der Waals surface area contributed by atoms with Crippen molar-refractivity contribution in [2.24, 2.45) is 0 Å². The molecule has 0 aromatic heterocycles.